The fourth-order valence-corrected chi connectivity index (χ4v) is 1.32. The van der Waals surface area contributed by atoms with Gasteiger partial charge >= 0.3 is 0 Å². The number of ether oxygens (including phenoxy) is 2. The lowest BCUT2D eigenvalue weighted by atomic mass is 9.97. The number of aryl methyl sites for hydroxylation is 1. The summed E-state index contributed by atoms with van der Waals surface area (Å²) in [6, 6.07) is 6.05. The van der Waals surface area contributed by atoms with Gasteiger partial charge < -0.3 is 9.47 Å². The first kappa shape index (κ1) is 9.97. The predicted molar refractivity (Wildman–Crippen MR) is 56.6 cm³/mol. The summed E-state index contributed by atoms with van der Waals surface area (Å²) in [4.78, 5) is 0. The van der Waals surface area contributed by atoms with Crippen LogP contribution in [0, 0.1) is 0 Å². The molecule has 0 spiro atoms. The zero-order chi connectivity index (χ0) is 9.68. The monoisotopic (exact) mass is 178 g/mol. The van der Waals surface area contributed by atoms with Crippen LogP contribution in [0.5, 0.6) is 11.5 Å². The molecule has 0 fully saturated rings. The van der Waals surface area contributed by atoms with Crippen LogP contribution in [-0.2, 0) is 6.42 Å². The highest BCUT2D eigenvalue weighted by Crippen LogP contribution is 2.27. The molecule has 1 aromatic carbocycles. The van der Waals surface area contributed by atoms with Crippen molar-refractivity contribution in [1.29, 1.82) is 0 Å². The topological polar surface area (TPSA) is 18.5 Å². The summed E-state index contributed by atoms with van der Waals surface area (Å²) >= 11 is 0. The summed E-state index contributed by atoms with van der Waals surface area (Å²) in [5, 5.41) is 0. The number of methoxy groups -OCH3 is 2. The summed E-state index contributed by atoms with van der Waals surface area (Å²) in [6.07, 6.45) is 2.23. The fraction of sp³-hybridized carbons (Fsp3) is 0.400. The molecule has 0 aliphatic rings. The van der Waals surface area contributed by atoms with Gasteiger partial charge in [0.1, 0.15) is 7.85 Å². The van der Waals surface area contributed by atoms with Crippen molar-refractivity contribution in [2.75, 3.05) is 14.2 Å². The van der Waals surface area contributed by atoms with E-state index in [1.807, 2.05) is 12.1 Å². The Hall–Kier alpha value is -1.12. The molecule has 0 radical (unpaired) electrons. The maximum Gasteiger partial charge on any atom is 0.160 e. The SMILES string of the molecule is BCCc1ccc(OC)c(OC)c1. The number of hydrogen-bond acceptors (Lipinski definition) is 2. The highest BCUT2D eigenvalue weighted by atomic mass is 16.5. The maximum atomic E-state index is 5.20. The Morgan fingerprint density at radius 2 is 1.85 bits per heavy atom. The van der Waals surface area contributed by atoms with E-state index in [0.717, 1.165) is 24.2 Å². The summed E-state index contributed by atoms with van der Waals surface area (Å²) < 4.78 is 10.3. The first-order valence-electron chi connectivity index (χ1n) is 4.52. The molecule has 2 nitrogen and oxygen atoms in total. The lowest BCUT2D eigenvalue weighted by Crippen LogP contribution is -1.92. The van der Waals surface area contributed by atoms with Crippen LogP contribution in [0.1, 0.15) is 5.56 Å². The van der Waals surface area contributed by atoms with Crippen molar-refractivity contribution in [1.82, 2.24) is 0 Å². The largest absolute Gasteiger partial charge is 0.493 e. The molecule has 13 heavy (non-hydrogen) atoms. The Morgan fingerprint density at radius 3 is 2.38 bits per heavy atom. The number of hydrogen-bond donors (Lipinski definition) is 0. The Kier molecular flexibility index (Phi) is 3.68. The third kappa shape index (κ3) is 2.41. The van der Waals surface area contributed by atoms with E-state index in [9.17, 15) is 0 Å². The molecule has 0 saturated carbocycles. The second-order valence-corrected chi connectivity index (χ2v) is 2.94. The van der Waals surface area contributed by atoms with Crippen LogP contribution in [0.2, 0.25) is 6.32 Å². The van der Waals surface area contributed by atoms with Gasteiger partial charge in [0.25, 0.3) is 0 Å². The minimum atomic E-state index is 0.794. The standard InChI is InChI=1S/C10H15BO2/c1-12-9-4-3-8(5-6-11)7-10(9)13-2/h3-4,7H,5-6,11H2,1-2H3. The lowest BCUT2D eigenvalue weighted by Gasteiger charge is -2.08. The second kappa shape index (κ2) is 4.80. The van der Waals surface area contributed by atoms with E-state index in [4.69, 9.17) is 9.47 Å². The van der Waals surface area contributed by atoms with Crippen LogP contribution >= 0.6 is 0 Å². The van der Waals surface area contributed by atoms with Gasteiger partial charge in [-0.25, -0.2) is 0 Å². The third-order valence-corrected chi connectivity index (χ3v) is 1.99. The fourth-order valence-electron chi connectivity index (χ4n) is 1.32. The summed E-state index contributed by atoms with van der Waals surface area (Å²) in [5.41, 5.74) is 1.29. The molecule has 0 atom stereocenters. The van der Waals surface area contributed by atoms with Gasteiger partial charge in [0.15, 0.2) is 11.5 Å². The predicted octanol–water partition coefficient (Wildman–Crippen LogP) is 1.30. The molecule has 70 valence electrons. The van der Waals surface area contributed by atoms with Gasteiger partial charge in [0, 0.05) is 0 Å². The van der Waals surface area contributed by atoms with Crippen molar-refractivity contribution >= 4 is 7.85 Å². The number of rotatable bonds is 4. The van der Waals surface area contributed by atoms with Crippen LogP contribution in [0.25, 0.3) is 0 Å². The molecule has 0 amide bonds. The Morgan fingerprint density at radius 1 is 1.15 bits per heavy atom. The first-order chi connectivity index (χ1) is 6.31. The van der Waals surface area contributed by atoms with Crippen molar-refractivity contribution in [3.05, 3.63) is 23.8 Å². The van der Waals surface area contributed by atoms with Crippen LogP contribution in [-0.4, -0.2) is 22.1 Å². The van der Waals surface area contributed by atoms with Crippen molar-refractivity contribution in [2.24, 2.45) is 0 Å². The molecule has 0 unspecified atom stereocenters. The van der Waals surface area contributed by atoms with E-state index in [0.29, 0.717) is 0 Å². The molecule has 0 heterocycles. The van der Waals surface area contributed by atoms with E-state index >= 15 is 0 Å². The van der Waals surface area contributed by atoms with Gasteiger partial charge in [-0.1, -0.05) is 12.4 Å². The van der Waals surface area contributed by atoms with Gasteiger partial charge in [-0.2, -0.15) is 0 Å². The van der Waals surface area contributed by atoms with Gasteiger partial charge in [0.05, 0.1) is 14.2 Å². The van der Waals surface area contributed by atoms with E-state index in [2.05, 4.69) is 13.9 Å². The second-order valence-electron chi connectivity index (χ2n) is 2.94. The highest BCUT2D eigenvalue weighted by molar-refractivity contribution is 6.08. The number of benzene rings is 1. The average molecular weight is 178 g/mol. The zero-order valence-corrected chi connectivity index (χ0v) is 8.46. The van der Waals surface area contributed by atoms with Crippen LogP contribution < -0.4 is 9.47 Å². The van der Waals surface area contributed by atoms with E-state index < -0.39 is 0 Å². The minimum Gasteiger partial charge on any atom is -0.493 e. The smallest absolute Gasteiger partial charge is 0.160 e. The molecule has 0 bridgehead atoms. The Bertz CT molecular complexity index is 274. The summed E-state index contributed by atoms with van der Waals surface area (Å²) in [5.74, 6) is 1.61. The van der Waals surface area contributed by atoms with Crippen molar-refractivity contribution in [3.8, 4) is 11.5 Å². The molecule has 1 rings (SSSR count). The Balaban J connectivity index is 2.91. The van der Waals surface area contributed by atoms with Crippen LogP contribution in [0.15, 0.2) is 18.2 Å². The van der Waals surface area contributed by atoms with E-state index in [1.165, 1.54) is 5.56 Å². The van der Waals surface area contributed by atoms with Crippen LogP contribution in [0.3, 0.4) is 0 Å². The van der Waals surface area contributed by atoms with Gasteiger partial charge in [-0.15, -0.1) is 0 Å². The summed E-state index contributed by atoms with van der Waals surface area (Å²) in [6.45, 7) is 0. The highest BCUT2D eigenvalue weighted by Gasteiger charge is 2.02. The minimum absolute atomic E-state index is 0.794. The first-order valence-corrected chi connectivity index (χ1v) is 4.52. The van der Waals surface area contributed by atoms with Gasteiger partial charge in [-0.3, -0.25) is 0 Å². The molecular formula is C10H15BO2. The van der Waals surface area contributed by atoms with E-state index in [-0.39, 0.29) is 0 Å². The maximum absolute atomic E-state index is 5.20. The van der Waals surface area contributed by atoms with Crippen LogP contribution in [0.4, 0.5) is 0 Å². The molecular weight excluding hydrogens is 163 g/mol. The normalized spacial score (nSPS) is 9.69. The molecule has 1 aromatic rings. The van der Waals surface area contributed by atoms with Gasteiger partial charge in [0.2, 0.25) is 0 Å². The molecule has 0 aliphatic heterocycles. The lowest BCUT2D eigenvalue weighted by molar-refractivity contribution is 0.354. The van der Waals surface area contributed by atoms with Crippen molar-refractivity contribution in [3.63, 3.8) is 0 Å². The third-order valence-electron chi connectivity index (χ3n) is 1.99. The zero-order valence-electron chi connectivity index (χ0n) is 8.46. The summed E-state index contributed by atoms with van der Waals surface area (Å²) in [7, 11) is 5.47. The van der Waals surface area contributed by atoms with Crippen molar-refractivity contribution in [2.45, 2.75) is 12.7 Å². The molecule has 0 aliphatic carbocycles. The molecule has 0 aromatic heterocycles. The van der Waals surface area contributed by atoms with Crippen molar-refractivity contribution < 1.29 is 9.47 Å². The van der Waals surface area contributed by atoms with Gasteiger partial charge in [-0.05, 0) is 24.1 Å². The average Bonchev–Trinajstić information content (AvgIpc) is 2.18. The van der Waals surface area contributed by atoms with E-state index in [1.54, 1.807) is 14.2 Å². The quantitative estimate of drug-likeness (QED) is 0.647. The molecule has 3 heteroatoms. The molecule has 0 N–H and O–H groups in total. The Labute approximate surface area is 80.3 Å². The molecule has 0 saturated heterocycles.